The van der Waals surface area contributed by atoms with Crippen LogP contribution in [0.25, 0.3) is 0 Å². The minimum absolute atomic E-state index is 0.515. The fraction of sp³-hybridized carbons (Fsp3) is 0.444. The van der Waals surface area contributed by atoms with Crippen LogP contribution in [0.1, 0.15) is 23.2 Å². The van der Waals surface area contributed by atoms with Crippen LogP contribution >= 0.6 is 11.6 Å². The van der Waals surface area contributed by atoms with Gasteiger partial charge in [0.1, 0.15) is 11.6 Å². The zero-order chi connectivity index (χ0) is 17.1. The number of aliphatic hydroxyl groups is 1. The van der Waals surface area contributed by atoms with Gasteiger partial charge in [-0.25, -0.2) is 9.97 Å². The minimum Gasteiger partial charge on any atom is -0.387 e. The number of hydrogen-bond acceptors (Lipinski definition) is 5. The smallest absolute Gasteiger partial charge is 0.132 e. The van der Waals surface area contributed by atoms with Crippen molar-refractivity contribution in [2.24, 2.45) is 0 Å². The highest BCUT2D eigenvalue weighted by Crippen LogP contribution is 2.20. The molecule has 1 saturated heterocycles. The maximum absolute atomic E-state index is 10.4. The zero-order valence-electron chi connectivity index (χ0n) is 14.1. The van der Waals surface area contributed by atoms with Crippen molar-refractivity contribution < 1.29 is 5.11 Å². The van der Waals surface area contributed by atoms with Crippen LogP contribution in [-0.4, -0.2) is 52.7 Å². The van der Waals surface area contributed by atoms with Gasteiger partial charge in [-0.1, -0.05) is 23.7 Å². The van der Waals surface area contributed by atoms with E-state index in [0.717, 1.165) is 49.1 Å². The zero-order valence-corrected chi connectivity index (χ0v) is 14.9. The van der Waals surface area contributed by atoms with Crippen LogP contribution in [0.3, 0.4) is 0 Å². The van der Waals surface area contributed by atoms with Crippen LogP contribution < -0.4 is 4.90 Å². The molecule has 0 radical (unpaired) electrons. The summed E-state index contributed by atoms with van der Waals surface area (Å²) >= 11 is 6.00. The Kier molecular flexibility index (Phi) is 5.33. The third kappa shape index (κ3) is 4.23. The molecule has 1 aliphatic heterocycles. The second-order valence-electron chi connectivity index (χ2n) is 6.27. The summed E-state index contributed by atoms with van der Waals surface area (Å²) in [4.78, 5) is 13.4. The van der Waals surface area contributed by atoms with Crippen molar-refractivity contribution in [1.82, 2.24) is 14.9 Å². The molecule has 0 amide bonds. The van der Waals surface area contributed by atoms with Crippen molar-refractivity contribution >= 4 is 17.4 Å². The largest absolute Gasteiger partial charge is 0.387 e. The van der Waals surface area contributed by atoms with Crippen LogP contribution in [0, 0.1) is 13.8 Å². The van der Waals surface area contributed by atoms with Crippen molar-refractivity contribution in [2.75, 3.05) is 37.6 Å². The first-order chi connectivity index (χ1) is 11.5. The number of aromatic nitrogens is 2. The molecule has 0 bridgehead atoms. The molecule has 2 aromatic rings. The molecule has 1 fully saturated rings. The van der Waals surface area contributed by atoms with Gasteiger partial charge >= 0.3 is 0 Å². The molecule has 1 aliphatic rings. The van der Waals surface area contributed by atoms with Crippen molar-refractivity contribution in [3.8, 4) is 0 Å². The molecule has 6 heteroatoms. The molecule has 1 N–H and O–H groups in total. The first-order valence-electron chi connectivity index (χ1n) is 8.24. The summed E-state index contributed by atoms with van der Waals surface area (Å²) in [7, 11) is 0. The summed E-state index contributed by atoms with van der Waals surface area (Å²) < 4.78 is 0. The lowest BCUT2D eigenvalue weighted by Gasteiger charge is -2.36. The average Bonchev–Trinajstić information content (AvgIpc) is 2.54. The molecule has 128 valence electrons. The van der Waals surface area contributed by atoms with Gasteiger partial charge in [0.05, 0.1) is 6.10 Å². The molecule has 1 aromatic carbocycles. The van der Waals surface area contributed by atoms with E-state index in [1.165, 1.54) is 0 Å². The van der Waals surface area contributed by atoms with Gasteiger partial charge in [-0.3, -0.25) is 4.90 Å². The SMILES string of the molecule is Cc1cc(N2CCN(CC(O)c3cccc(Cl)c3)CC2)nc(C)n1. The fourth-order valence-electron chi connectivity index (χ4n) is 3.08. The van der Waals surface area contributed by atoms with E-state index in [1.54, 1.807) is 0 Å². The number of halogens is 1. The Morgan fingerprint density at radius 3 is 2.54 bits per heavy atom. The van der Waals surface area contributed by atoms with E-state index in [-0.39, 0.29) is 0 Å². The van der Waals surface area contributed by atoms with Crippen LogP contribution in [-0.2, 0) is 0 Å². The highest BCUT2D eigenvalue weighted by Gasteiger charge is 2.21. The Morgan fingerprint density at radius 1 is 1.12 bits per heavy atom. The summed E-state index contributed by atoms with van der Waals surface area (Å²) in [5.74, 6) is 1.80. The van der Waals surface area contributed by atoms with Crippen LogP contribution in [0.4, 0.5) is 5.82 Å². The van der Waals surface area contributed by atoms with E-state index in [2.05, 4.69) is 19.8 Å². The third-order valence-electron chi connectivity index (χ3n) is 4.31. The van der Waals surface area contributed by atoms with Crippen LogP contribution in [0.5, 0.6) is 0 Å². The maximum atomic E-state index is 10.4. The van der Waals surface area contributed by atoms with Gasteiger partial charge in [-0.15, -0.1) is 0 Å². The van der Waals surface area contributed by atoms with Crippen LogP contribution in [0.2, 0.25) is 5.02 Å². The Hall–Kier alpha value is -1.69. The normalized spacial score (nSPS) is 17.1. The predicted octanol–water partition coefficient (Wildman–Crippen LogP) is 2.60. The van der Waals surface area contributed by atoms with E-state index in [9.17, 15) is 5.11 Å². The highest BCUT2D eigenvalue weighted by atomic mass is 35.5. The molecule has 0 spiro atoms. The molecule has 5 nitrogen and oxygen atoms in total. The highest BCUT2D eigenvalue weighted by molar-refractivity contribution is 6.30. The molecular weight excluding hydrogens is 324 g/mol. The lowest BCUT2D eigenvalue weighted by molar-refractivity contribution is 0.109. The average molecular weight is 347 g/mol. The van der Waals surface area contributed by atoms with Crippen molar-refractivity contribution in [1.29, 1.82) is 0 Å². The topological polar surface area (TPSA) is 52.5 Å². The first-order valence-corrected chi connectivity index (χ1v) is 8.62. The Morgan fingerprint density at radius 2 is 1.88 bits per heavy atom. The molecule has 3 rings (SSSR count). The fourth-order valence-corrected chi connectivity index (χ4v) is 3.28. The van der Waals surface area contributed by atoms with Gasteiger partial charge < -0.3 is 10.0 Å². The predicted molar refractivity (Wildman–Crippen MR) is 96.6 cm³/mol. The standard InChI is InChI=1S/C18H23ClN4O/c1-13-10-18(21-14(2)20-13)23-8-6-22(7-9-23)12-17(24)15-4-3-5-16(19)11-15/h3-5,10-11,17,24H,6-9,12H2,1-2H3. The van der Waals surface area contributed by atoms with Gasteiger partial charge in [0.25, 0.3) is 0 Å². The van der Waals surface area contributed by atoms with Crippen LogP contribution in [0.15, 0.2) is 30.3 Å². The number of aryl methyl sites for hydroxylation is 2. The van der Waals surface area contributed by atoms with E-state index in [1.807, 2.05) is 44.2 Å². The van der Waals surface area contributed by atoms with E-state index in [4.69, 9.17) is 11.6 Å². The third-order valence-corrected chi connectivity index (χ3v) is 4.55. The number of hydrogen-bond donors (Lipinski definition) is 1. The second-order valence-corrected chi connectivity index (χ2v) is 6.71. The van der Waals surface area contributed by atoms with E-state index in [0.29, 0.717) is 11.6 Å². The molecule has 0 aliphatic carbocycles. The molecule has 1 atom stereocenters. The molecule has 1 aromatic heterocycles. The quantitative estimate of drug-likeness (QED) is 0.922. The number of aliphatic hydroxyl groups excluding tert-OH is 1. The lowest BCUT2D eigenvalue weighted by Crippen LogP contribution is -2.47. The first kappa shape index (κ1) is 17.1. The summed E-state index contributed by atoms with van der Waals surface area (Å²) in [6, 6.07) is 9.47. The number of nitrogens with zero attached hydrogens (tertiary/aromatic N) is 4. The van der Waals surface area contributed by atoms with Gasteiger partial charge in [0.2, 0.25) is 0 Å². The lowest BCUT2D eigenvalue weighted by atomic mass is 10.1. The summed E-state index contributed by atoms with van der Waals surface area (Å²) in [6.07, 6.45) is -0.515. The number of anilines is 1. The Labute approximate surface area is 147 Å². The monoisotopic (exact) mass is 346 g/mol. The van der Waals surface area contributed by atoms with Gasteiger partial charge in [0, 0.05) is 49.5 Å². The summed E-state index contributed by atoms with van der Waals surface area (Å²) in [5, 5.41) is 11.1. The summed E-state index contributed by atoms with van der Waals surface area (Å²) in [6.45, 7) is 8.15. The maximum Gasteiger partial charge on any atom is 0.132 e. The van der Waals surface area contributed by atoms with E-state index < -0.39 is 6.10 Å². The Balaban J connectivity index is 1.57. The number of benzene rings is 1. The Bertz CT molecular complexity index is 681. The van der Waals surface area contributed by atoms with E-state index >= 15 is 0 Å². The molecule has 24 heavy (non-hydrogen) atoms. The molecule has 2 heterocycles. The van der Waals surface area contributed by atoms with Gasteiger partial charge in [0.15, 0.2) is 0 Å². The molecular formula is C18H23ClN4O. The number of piperazine rings is 1. The van der Waals surface area contributed by atoms with Gasteiger partial charge in [-0.2, -0.15) is 0 Å². The minimum atomic E-state index is -0.515. The van der Waals surface area contributed by atoms with Crippen molar-refractivity contribution in [3.63, 3.8) is 0 Å². The molecule has 0 saturated carbocycles. The van der Waals surface area contributed by atoms with Crippen molar-refractivity contribution in [3.05, 3.63) is 52.4 Å². The van der Waals surface area contributed by atoms with Crippen molar-refractivity contribution in [2.45, 2.75) is 20.0 Å². The number of β-amino-alcohol motifs (C(OH)–C–C–N with tert-alkyl or cyclic N) is 1. The second kappa shape index (κ2) is 7.47. The van der Waals surface area contributed by atoms with Gasteiger partial charge in [-0.05, 0) is 31.5 Å². The molecule has 1 unspecified atom stereocenters. The number of rotatable bonds is 4. The summed E-state index contributed by atoms with van der Waals surface area (Å²) in [5.41, 5.74) is 1.86.